The zero-order chi connectivity index (χ0) is 13.6. The van der Waals surface area contributed by atoms with Gasteiger partial charge in [-0.15, -0.1) is 0 Å². The molecule has 17 heavy (non-hydrogen) atoms. The summed E-state index contributed by atoms with van der Waals surface area (Å²) < 4.78 is 0. The molecule has 0 spiro atoms. The molecule has 0 aliphatic rings. The van der Waals surface area contributed by atoms with Gasteiger partial charge in [0.2, 0.25) is 0 Å². The SMILES string of the molecule is CCC(C)CN(C)C(=O)N[C@@H](C(=O)O)C(C)C. The second kappa shape index (κ2) is 7.14. The Hall–Kier alpha value is -1.26. The van der Waals surface area contributed by atoms with Gasteiger partial charge in [0.05, 0.1) is 0 Å². The highest BCUT2D eigenvalue weighted by atomic mass is 16.4. The van der Waals surface area contributed by atoms with E-state index in [-0.39, 0.29) is 11.9 Å². The van der Waals surface area contributed by atoms with Gasteiger partial charge in [0, 0.05) is 13.6 Å². The zero-order valence-corrected chi connectivity index (χ0v) is 11.4. The topological polar surface area (TPSA) is 69.6 Å². The van der Waals surface area contributed by atoms with Gasteiger partial charge in [-0.05, 0) is 11.8 Å². The van der Waals surface area contributed by atoms with E-state index in [4.69, 9.17) is 5.11 Å². The van der Waals surface area contributed by atoms with E-state index in [9.17, 15) is 9.59 Å². The lowest BCUT2D eigenvalue weighted by Crippen LogP contribution is -2.49. The van der Waals surface area contributed by atoms with Crippen molar-refractivity contribution in [3.05, 3.63) is 0 Å². The second-order valence-corrected chi connectivity index (χ2v) is 4.90. The third-order valence-corrected chi connectivity index (χ3v) is 2.84. The van der Waals surface area contributed by atoms with Crippen molar-refractivity contribution in [2.75, 3.05) is 13.6 Å². The number of hydrogen-bond acceptors (Lipinski definition) is 2. The Morgan fingerprint density at radius 3 is 2.18 bits per heavy atom. The molecule has 2 N–H and O–H groups in total. The van der Waals surface area contributed by atoms with Crippen LogP contribution in [0.4, 0.5) is 4.79 Å². The van der Waals surface area contributed by atoms with Crippen LogP contribution in [-0.2, 0) is 4.79 Å². The molecule has 0 saturated heterocycles. The summed E-state index contributed by atoms with van der Waals surface area (Å²) in [6.45, 7) is 8.29. The maximum absolute atomic E-state index is 11.8. The molecular weight excluding hydrogens is 220 g/mol. The van der Waals surface area contributed by atoms with Gasteiger partial charge in [-0.1, -0.05) is 34.1 Å². The molecule has 0 rings (SSSR count). The fourth-order valence-corrected chi connectivity index (χ4v) is 1.44. The zero-order valence-electron chi connectivity index (χ0n) is 11.4. The first-order chi connectivity index (χ1) is 7.79. The first-order valence-electron chi connectivity index (χ1n) is 6.04. The summed E-state index contributed by atoms with van der Waals surface area (Å²) in [6.07, 6.45) is 0.990. The van der Waals surface area contributed by atoms with Crippen LogP contribution in [0.1, 0.15) is 34.1 Å². The maximum Gasteiger partial charge on any atom is 0.326 e. The second-order valence-electron chi connectivity index (χ2n) is 4.90. The molecule has 0 saturated carbocycles. The number of urea groups is 1. The number of carboxylic acid groups (broad SMARTS) is 1. The van der Waals surface area contributed by atoms with E-state index in [0.29, 0.717) is 12.5 Å². The molecule has 0 fully saturated rings. The van der Waals surface area contributed by atoms with Gasteiger partial charge in [-0.2, -0.15) is 0 Å². The highest BCUT2D eigenvalue weighted by Crippen LogP contribution is 2.05. The van der Waals surface area contributed by atoms with Crippen molar-refractivity contribution in [2.24, 2.45) is 11.8 Å². The monoisotopic (exact) mass is 244 g/mol. The van der Waals surface area contributed by atoms with Crippen LogP contribution in [0.15, 0.2) is 0 Å². The molecule has 100 valence electrons. The summed E-state index contributed by atoms with van der Waals surface area (Å²) in [5.74, 6) is -0.716. The predicted molar refractivity (Wildman–Crippen MR) is 66.9 cm³/mol. The average Bonchev–Trinajstić information content (AvgIpc) is 2.23. The molecule has 0 radical (unpaired) electrons. The summed E-state index contributed by atoms with van der Waals surface area (Å²) in [4.78, 5) is 24.2. The molecule has 2 amide bonds. The van der Waals surface area contributed by atoms with Crippen molar-refractivity contribution in [3.63, 3.8) is 0 Å². The van der Waals surface area contributed by atoms with Crippen molar-refractivity contribution in [1.29, 1.82) is 0 Å². The maximum atomic E-state index is 11.8. The summed E-state index contributed by atoms with van der Waals surface area (Å²) in [6, 6.07) is -1.16. The van der Waals surface area contributed by atoms with E-state index in [1.807, 2.05) is 0 Å². The number of nitrogens with zero attached hydrogens (tertiary/aromatic N) is 1. The normalized spacial score (nSPS) is 14.2. The largest absolute Gasteiger partial charge is 0.480 e. The summed E-state index contributed by atoms with van der Waals surface area (Å²) in [5.41, 5.74) is 0. The Bertz CT molecular complexity index is 266. The van der Waals surface area contributed by atoms with Crippen molar-refractivity contribution >= 4 is 12.0 Å². The van der Waals surface area contributed by atoms with Crippen LogP contribution in [0.5, 0.6) is 0 Å². The van der Waals surface area contributed by atoms with Gasteiger partial charge in [0.25, 0.3) is 0 Å². The van der Waals surface area contributed by atoms with E-state index in [2.05, 4.69) is 19.2 Å². The van der Waals surface area contributed by atoms with Crippen molar-refractivity contribution in [2.45, 2.75) is 40.2 Å². The molecule has 0 heterocycles. The molecule has 0 aliphatic carbocycles. The number of aliphatic carboxylic acids is 1. The lowest BCUT2D eigenvalue weighted by Gasteiger charge is -2.25. The third kappa shape index (κ3) is 5.56. The number of nitrogens with one attached hydrogen (secondary N) is 1. The Balaban J connectivity index is 4.36. The predicted octanol–water partition coefficient (Wildman–Crippen LogP) is 1.78. The molecule has 0 bridgehead atoms. The smallest absolute Gasteiger partial charge is 0.326 e. The van der Waals surface area contributed by atoms with Crippen LogP contribution in [0, 0.1) is 11.8 Å². The quantitative estimate of drug-likeness (QED) is 0.748. The van der Waals surface area contributed by atoms with Crippen LogP contribution in [-0.4, -0.2) is 41.6 Å². The van der Waals surface area contributed by atoms with Crippen LogP contribution in [0.3, 0.4) is 0 Å². The van der Waals surface area contributed by atoms with Crippen molar-refractivity contribution in [1.82, 2.24) is 10.2 Å². The van der Waals surface area contributed by atoms with Crippen LogP contribution < -0.4 is 5.32 Å². The van der Waals surface area contributed by atoms with Crippen LogP contribution in [0.25, 0.3) is 0 Å². The molecule has 1 unspecified atom stereocenters. The van der Waals surface area contributed by atoms with E-state index < -0.39 is 12.0 Å². The first kappa shape index (κ1) is 15.7. The molecule has 5 heteroatoms. The number of rotatable bonds is 6. The van der Waals surface area contributed by atoms with Gasteiger partial charge in [0.1, 0.15) is 6.04 Å². The average molecular weight is 244 g/mol. The third-order valence-electron chi connectivity index (χ3n) is 2.84. The standard InChI is InChI=1S/C12H24N2O3/c1-6-9(4)7-14(5)12(17)13-10(8(2)3)11(15)16/h8-10H,6-7H2,1-5H3,(H,13,17)(H,15,16)/t9?,10-/m1/s1. The lowest BCUT2D eigenvalue weighted by molar-refractivity contribution is -0.140. The van der Waals surface area contributed by atoms with Gasteiger partial charge >= 0.3 is 12.0 Å². The molecule has 0 aromatic rings. The Labute approximate surface area is 103 Å². The highest BCUT2D eigenvalue weighted by molar-refractivity contribution is 5.82. The van der Waals surface area contributed by atoms with Crippen LogP contribution >= 0.6 is 0 Å². The highest BCUT2D eigenvalue weighted by Gasteiger charge is 2.24. The Morgan fingerprint density at radius 1 is 1.29 bits per heavy atom. The Morgan fingerprint density at radius 2 is 1.82 bits per heavy atom. The number of carbonyl (C=O) groups is 2. The fourth-order valence-electron chi connectivity index (χ4n) is 1.44. The van der Waals surface area contributed by atoms with Gasteiger partial charge in [-0.25, -0.2) is 9.59 Å². The Kier molecular flexibility index (Phi) is 6.61. The molecule has 0 aromatic carbocycles. The number of amides is 2. The van der Waals surface area contributed by atoms with E-state index in [1.165, 1.54) is 4.90 Å². The fraction of sp³-hybridized carbons (Fsp3) is 0.833. The van der Waals surface area contributed by atoms with E-state index in [0.717, 1.165) is 6.42 Å². The van der Waals surface area contributed by atoms with Gasteiger partial charge in [0.15, 0.2) is 0 Å². The van der Waals surface area contributed by atoms with Gasteiger partial charge in [-0.3, -0.25) is 0 Å². The lowest BCUT2D eigenvalue weighted by atomic mass is 10.1. The summed E-state index contributed by atoms with van der Waals surface area (Å²) in [7, 11) is 1.68. The number of carboxylic acids is 1. The molecular formula is C12H24N2O3. The van der Waals surface area contributed by atoms with E-state index >= 15 is 0 Å². The number of carbonyl (C=O) groups excluding carboxylic acids is 1. The molecule has 2 atom stereocenters. The van der Waals surface area contributed by atoms with Crippen molar-refractivity contribution < 1.29 is 14.7 Å². The van der Waals surface area contributed by atoms with Gasteiger partial charge < -0.3 is 15.3 Å². The summed E-state index contributed by atoms with van der Waals surface area (Å²) >= 11 is 0. The summed E-state index contributed by atoms with van der Waals surface area (Å²) in [5, 5.41) is 11.5. The molecule has 0 aromatic heterocycles. The first-order valence-corrected chi connectivity index (χ1v) is 6.04. The number of hydrogen-bond donors (Lipinski definition) is 2. The minimum atomic E-state index is -0.995. The van der Waals surface area contributed by atoms with E-state index in [1.54, 1.807) is 20.9 Å². The minimum Gasteiger partial charge on any atom is -0.480 e. The molecule has 5 nitrogen and oxygen atoms in total. The minimum absolute atomic E-state index is 0.131. The van der Waals surface area contributed by atoms with Crippen molar-refractivity contribution in [3.8, 4) is 0 Å². The molecule has 0 aliphatic heterocycles. The van der Waals surface area contributed by atoms with Crippen LogP contribution in [0.2, 0.25) is 0 Å².